The molecule has 0 aliphatic heterocycles. The van der Waals surface area contributed by atoms with Crippen molar-refractivity contribution >= 4 is 5.97 Å². The highest BCUT2D eigenvalue weighted by molar-refractivity contribution is 5.70. The molecule has 1 aromatic carbocycles. The first-order chi connectivity index (χ1) is 9.12. The Kier molecular flexibility index (Phi) is 6.15. The van der Waals surface area contributed by atoms with Crippen LogP contribution in [-0.2, 0) is 9.53 Å². The quantitative estimate of drug-likeness (QED) is 0.765. The standard InChI is InChI=1S/C14H21NO4/c1-4-18-12-7-6-10(8-13(12)19-5-2)11(15)9-14(16)17-3/h6-8,11H,4-5,9,15H2,1-3H3. The van der Waals surface area contributed by atoms with Crippen LogP contribution in [0.15, 0.2) is 18.2 Å². The van der Waals surface area contributed by atoms with Gasteiger partial charge in [-0.25, -0.2) is 0 Å². The summed E-state index contributed by atoms with van der Waals surface area (Å²) < 4.78 is 15.6. The molecular weight excluding hydrogens is 246 g/mol. The molecule has 0 amide bonds. The molecule has 19 heavy (non-hydrogen) atoms. The number of hydrogen-bond donors (Lipinski definition) is 1. The van der Waals surface area contributed by atoms with Gasteiger partial charge in [0.05, 0.1) is 26.7 Å². The summed E-state index contributed by atoms with van der Waals surface area (Å²) in [5, 5.41) is 0. The second-order valence-electron chi connectivity index (χ2n) is 3.96. The van der Waals surface area contributed by atoms with Gasteiger partial charge in [-0.1, -0.05) is 6.07 Å². The van der Waals surface area contributed by atoms with Crippen LogP contribution in [0, 0.1) is 0 Å². The minimum absolute atomic E-state index is 0.135. The summed E-state index contributed by atoms with van der Waals surface area (Å²) in [6.07, 6.45) is 0.135. The van der Waals surface area contributed by atoms with Gasteiger partial charge in [-0.3, -0.25) is 4.79 Å². The van der Waals surface area contributed by atoms with Gasteiger partial charge in [-0.05, 0) is 31.5 Å². The van der Waals surface area contributed by atoms with Gasteiger partial charge in [0, 0.05) is 6.04 Å². The third-order valence-electron chi connectivity index (χ3n) is 2.61. The molecule has 1 aromatic rings. The van der Waals surface area contributed by atoms with Gasteiger partial charge in [-0.2, -0.15) is 0 Å². The van der Waals surface area contributed by atoms with Crippen molar-refractivity contribution in [1.29, 1.82) is 0 Å². The van der Waals surface area contributed by atoms with Crippen molar-refractivity contribution in [2.75, 3.05) is 20.3 Å². The smallest absolute Gasteiger partial charge is 0.307 e. The molecule has 1 rings (SSSR count). The molecular formula is C14H21NO4. The molecule has 0 bridgehead atoms. The fourth-order valence-corrected chi connectivity index (χ4v) is 1.68. The lowest BCUT2D eigenvalue weighted by Crippen LogP contribution is -2.16. The lowest BCUT2D eigenvalue weighted by Gasteiger charge is -2.15. The Balaban J connectivity index is 2.90. The van der Waals surface area contributed by atoms with Gasteiger partial charge in [0.15, 0.2) is 11.5 Å². The molecule has 0 radical (unpaired) electrons. The van der Waals surface area contributed by atoms with Gasteiger partial charge < -0.3 is 19.9 Å². The molecule has 2 N–H and O–H groups in total. The highest BCUT2D eigenvalue weighted by atomic mass is 16.5. The number of carbonyl (C=O) groups is 1. The van der Waals surface area contributed by atoms with Crippen LogP contribution < -0.4 is 15.2 Å². The molecule has 0 aliphatic carbocycles. The SMILES string of the molecule is CCOc1ccc(C(N)CC(=O)OC)cc1OCC. The van der Waals surface area contributed by atoms with E-state index in [0.717, 1.165) is 5.56 Å². The van der Waals surface area contributed by atoms with Gasteiger partial charge in [0.1, 0.15) is 0 Å². The number of ether oxygens (including phenoxy) is 3. The molecule has 0 aromatic heterocycles. The van der Waals surface area contributed by atoms with E-state index in [2.05, 4.69) is 4.74 Å². The fraction of sp³-hybridized carbons (Fsp3) is 0.500. The number of methoxy groups -OCH3 is 1. The molecule has 106 valence electrons. The fourth-order valence-electron chi connectivity index (χ4n) is 1.68. The first-order valence-corrected chi connectivity index (χ1v) is 6.34. The highest BCUT2D eigenvalue weighted by Crippen LogP contribution is 2.31. The molecule has 0 heterocycles. The Labute approximate surface area is 113 Å². The van der Waals surface area contributed by atoms with Crippen LogP contribution in [0.4, 0.5) is 0 Å². The van der Waals surface area contributed by atoms with Crippen LogP contribution in [0.1, 0.15) is 31.9 Å². The van der Waals surface area contributed by atoms with Gasteiger partial charge in [-0.15, -0.1) is 0 Å². The number of esters is 1. The lowest BCUT2D eigenvalue weighted by molar-refractivity contribution is -0.141. The Bertz CT molecular complexity index is 420. The zero-order valence-corrected chi connectivity index (χ0v) is 11.6. The zero-order chi connectivity index (χ0) is 14.3. The number of carbonyl (C=O) groups excluding carboxylic acids is 1. The van der Waals surface area contributed by atoms with E-state index in [1.54, 1.807) is 6.07 Å². The first-order valence-electron chi connectivity index (χ1n) is 6.34. The summed E-state index contributed by atoms with van der Waals surface area (Å²) in [4.78, 5) is 11.2. The Morgan fingerprint density at radius 3 is 2.42 bits per heavy atom. The number of benzene rings is 1. The third-order valence-corrected chi connectivity index (χ3v) is 2.61. The van der Waals surface area contributed by atoms with Crippen molar-refractivity contribution in [2.24, 2.45) is 5.73 Å². The Morgan fingerprint density at radius 2 is 1.84 bits per heavy atom. The first kappa shape index (κ1) is 15.3. The summed E-state index contributed by atoms with van der Waals surface area (Å²) in [6.45, 7) is 4.91. The van der Waals surface area contributed by atoms with Crippen molar-refractivity contribution in [3.63, 3.8) is 0 Å². The predicted octanol–water partition coefficient (Wildman–Crippen LogP) is 2.05. The summed E-state index contributed by atoms with van der Waals surface area (Å²) in [6, 6.07) is 5.03. The third kappa shape index (κ3) is 4.44. The van der Waals surface area contributed by atoms with Crippen LogP contribution in [0.3, 0.4) is 0 Å². The van der Waals surface area contributed by atoms with Crippen molar-refractivity contribution < 1.29 is 19.0 Å². The maximum atomic E-state index is 11.2. The molecule has 0 fully saturated rings. The summed E-state index contributed by atoms with van der Waals surface area (Å²) in [7, 11) is 1.35. The predicted molar refractivity (Wildman–Crippen MR) is 72.3 cm³/mol. The molecule has 5 nitrogen and oxygen atoms in total. The van der Waals surface area contributed by atoms with E-state index in [1.807, 2.05) is 26.0 Å². The van der Waals surface area contributed by atoms with Crippen molar-refractivity contribution in [3.8, 4) is 11.5 Å². The molecule has 5 heteroatoms. The molecule has 0 aliphatic rings. The van der Waals surface area contributed by atoms with Crippen molar-refractivity contribution in [3.05, 3.63) is 23.8 Å². The normalized spacial score (nSPS) is 11.8. The van der Waals surface area contributed by atoms with Crippen LogP contribution >= 0.6 is 0 Å². The van der Waals surface area contributed by atoms with Gasteiger partial charge >= 0.3 is 5.97 Å². The average Bonchev–Trinajstić information content (AvgIpc) is 2.41. The minimum atomic E-state index is -0.415. The molecule has 1 atom stereocenters. The van der Waals surface area contributed by atoms with Crippen molar-refractivity contribution in [2.45, 2.75) is 26.3 Å². The monoisotopic (exact) mass is 267 g/mol. The van der Waals surface area contributed by atoms with Crippen LogP contribution in [-0.4, -0.2) is 26.3 Å². The number of nitrogens with two attached hydrogens (primary N) is 1. The molecule has 0 saturated heterocycles. The summed E-state index contributed by atoms with van der Waals surface area (Å²) in [5.41, 5.74) is 6.78. The Hall–Kier alpha value is -1.75. The maximum Gasteiger partial charge on any atom is 0.307 e. The van der Waals surface area contributed by atoms with Gasteiger partial charge in [0.25, 0.3) is 0 Å². The van der Waals surface area contributed by atoms with E-state index in [1.165, 1.54) is 7.11 Å². The zero-order valence-electron chi connectivity index (χ0n) is 11.6. The number of rotatable bonds is 7. The molecule has 0 spiro atoms. The summed E-state index contributed by atoms with van der Waals surface area (Å²) in [5.74, 6) is 0.986. The largest absolute Gasteiger partial charge is 0.490 e. The van der Waals surface area contributed by atoms with Gasteiger partial charge in [0.2, 0.25) is 0 Å². The van der Waals surface area contributed by atoms with Crippen LogP contribution in [0.25, 0.3) is 0 Å². The molecule has 0 saturated carbocycles. The Morgan fingerprint density at radius 1 is 1.21 bits per heavy atom. The van der Waals surface area contributed by atoms with E-state index in [-0.39, 0.29) is 12.4 Å². The van der Waals surface area contributed by atoms with E-state index in [9.17, 15) is 4.79 Å². The van der Waals surface area contributed by atoms with E-state index >= 15 is 0 Å². The van der Waals surface area contributed by atoms with E-state index < -0.39 is 6.04 Å². The van der Waals surface area contributed by atoms with E-state index in [0.29, 0.717) is 24.7 Å². The average molecular weight is 267 g/mol. The topological polar surface area (TPSA) is 70.8 Å². The van der Waals surface area contributed by atoms with Crippen LogP contribution in [0.5, 0.6) is 11.5 Å². The molecule has 1 unspecified atom stereocenters. The van der Waals surface area contributed by atoms with Crippen molar-refractivity contribution in [1.82, 2.24) is 0 Å². The summed E-state index contributed by atoms with van der Waals surface area (Å²) >= 11 is 0. The van der Waals surface area contributed by atoms with E-state index in [4.69, 9.17) is 15.2 Å². The number of hydrogen-bond acceptors (Lipinski definition) is 5. The second-order valence-corrected chi connectivity index (χ2v) is 3.96. The lowest BCUT2D eigenvalue weighted by atomic mass is 10.0. The minimum Gasteiger partial charge on any atom is -0.490 e. The van der Waals surface area contributed by atoms with Crippen LogP contribution in [0.2, 0.25) is 0 Å². The highest BCUT2D eigenvalue weighted by Gasteiger charge is 2.14. The second kappa shape index (κ2) is 7.63. The maximum absolute atomic E-state index is 11.2.